The van der Waals surface area contributed by atoms with E-state index in [-0.39, 0.29) is 0 Å². The molecule has 0 heterocycles. The summed E-state index contributed by atoms with van der Waals surface area (Å²) in [6.07, 6.45) is 0. The van der Waals surface area contributed by atoms with Crippen LogP contribution in [-0.4, -0.2) is 17.7 Å². The van der Waals surface area contributed by atoms with Gasteiger partial charge in [0.25, 0.3) is 0 Å². The van der Waals surface area contributed by atoms with Crippen molar-refractivity contribution in [2.24, 2.45) is 0 Å². The summed E-state index contributed by atoms with van der Waals surface area (Å²) in [6, 6.07) is 0. The third-order valence-corrected chi connectivity index (χ3v) is 3.51. The van der Waals surface area contributed by atoms with Crippen LogP contribution in [0.1, 0.15) is 33.4 Å². The van der Waals surface area contributed by atoms with Crippen molar-refractivity contribution in [3.63, 3.8) is 0 Å². The fourth-order valence-electron chi connectivity index (χ4n) is 2.11. The van der Waals surface area contributed by atoms with Crippen LogP contribution in [0.5, 0.6) is 0 Å². The SMILES string of the molecule is [Li][CH2]c1c(C)c(C)c(C)c(C)c1C. The Labute approximate surface area is 90.9 Å². The molecule has 1 aromatic rings. The number of rotatable bonds is 1. The number of hydrogen-bond donors (Lipinski definition) is 0. The van der Waals surface area contributed by atoms with Crippen molar-refractivity contribution < 1.29 is 0 Å². The first kappa shape index (κ1) is 10.9. The molecule has 1 rings (SSSR count). The Balaban J connectivity index is 3.56. The van der Waals surface area contributed by atoms with E-state index in [9.17, 15) is 0 Å². The Bertz CT molecular complexity index is 308. The molecule has 0 unspecified atom stereocenters. The number of hydrogen-bond acceptors (Lipinski definition) is 0. The molecule has 0 saturated heterocycles. The quantitative estimate of drug-likeness (QED) is 0.565. The van der Waals surface area contributed by atoms with Gasteiger partial charge in [-0.05, 0) is 0 Å². The summed E-state index contributed by atoms with van der Waals surface area (Å²) in [6.45, 7) is 11.2. The van der Waals surface area contributed by atoms with Crippen molar-refractivity contribution in [3.8, 4) is 0 Å². The summed E-state index contributed by atoms with van der Waals surface area (Å²) in [4.78, 5) is 0. The number of benzene rings is 1. The second-order valence-corrected chi connectivity index (χ2v) is 3.96. The molecule has 0 bridgehead atoms. The van der Waals surface area contributed by atoms with Crippen molar-refractivity contribution in [2.45, 2.75) is 39.7 Å². The van der Waals surface area contributed by atoms with E-state index < -0.39 is 0 Å². The molecule has 0 aliphatic heterocycles. The normalized spacial score (nSPS) is 10.7. The van der Waals surface area contributed by atoms with Crippen LogP contribution in [0, 0.1) is 34.6 Å². The maximum atomic E-state index is 2.24. The van der Waals surface area contributed by atoms with E-state index in [0.717, 1.165) is 5.09 Å². The van der Waals surface area contributed by atoms with Gasteiger partial charge in [0.2, 0.25) is 0 Å². The van der Waals surface area contributed by atoms with Crippen LogP contribution in [0.4, 0.5) is 0 Å². The summed E-state index contributed by atoms with van der Waals surface area (Å²) in [5.41, 5.74) is 8.93. The van der Waals surface area contributed by atoms with Crippen molar-refractivity contribution in [1.29, 1.82) is 0 Å². The van der Waals surface area contributed by atoms with Gasteiger partial charge in [-0.2, -0.15) is 0 Å². The average Bonchev–Trinajstić information content (AvgIpc) is 2.13. The zero-order valence-corrected chi connectivity index (χ0v) is 9.71. The summed E-state index contributed by atoms with van der Waals surface area (Å²) >= 11 is 2.24. The first-order valence-electron chi connectivity index (χ1n) is 5.06. The van der Waals surface area contributed by atoms with E-state index in [1.165, 1.54) is 27.8 Å². The van der Waals surface area contributed by atoms with Gasteiger partial charge in [0.1, 0.15) is 0 Å². The standard InChI is InChI=1S/C12H17.Li/c1-7-8(2)10(4)12(6)11(5)9(7)3;/h1H2,2-6H3;. The minimum atomic E-state index is 1.15. The van der Waals surface area contributed by atoms with Crippen LogP contribution in [0.15, 0.2) is 0 Å². The van der Waals surface area contributed by atoms with E-state index in [4.69, 9.17) is 0 Å². The zero-order chi connectivity index (χ0) is 10.2. The Morgan fingerprint density at radius 3 is 1.31 bits per heavy atom. The maximum absolute atomic E-state index is 2.24. The van der Waals surface area contributed by atoms with Crippen LogP contribution in [0.3, 0.4) is 0 Å². The average molecular weight is 168 g/mol. The van der Waals surface area contributed by atoms with Crippen molar-refractivity contribution in [2.75, 3.05) is 0 Å². The monoisotopic (exact) mass is 168 g/mol. The Morgan fingerprint density at radius 1 is 0.692 bits per heavy atom. The second kappa shape index (κ2) is 3.91. The summed E-state index contributed by atoms with van der Waals surface area (Å²) < 4.78 is 0. The molecule has 0 nitrogen and oxygen atoms in total. The van der Waals surface area contributed by atoms with Crippen LogP contribution in [-0.2, 0) is 5.09 Å². The van der Waals surface area contributed by atoms with Crippen LogP contribution in [0.25, 0.3) is 0 Å². The third kappa shape index (κ3) is 1.71. The molecule has 13 heavy (non-hydrogen) atoms. The minimum absolute atomic E-state index is 1.15. The van der Waals surface area contributed by atoms with Crippen LogP contribution in [0.2, 0.25) is 0 Å². The molecule has 0 atom stereocenters. The Hall–Kier alpha value is -0.183. The first-order chi connectivity index (χ1) is 6.00. The molecule has 0 radical (unpaired) electrons. The molecule has 0 aliphatic carbocycles. The zero-order valence-electron chi connectivity index (χ0n) is 9.71. The van der Waals surface area contributed by atoms with Crippen LogP contribution >= 0.6 is 0 Å². The third-order valence-electron chi connectivity index (χ3n) is 3.51. The van der Waals surface area contributed by atoms with Crippen LogP contribution < -0.4 is 0 Å². The molecule has 0 aromatic heterocycles. The Morgan fingerprint density at radius 2 is 1.00 bits per heavy atom. The second-order valence-electron chi connectivity index (χ2n) is 3.96. The predicted molar refractivity (Wildman–Crippen MR) is 59.6 cm³/mol. The van der Waals surface area contributed by atoms with Gasteiger partial charge in [-0.1, -0.05) is 0 Å². The van der Waals surface area contributed by atoms with Crippen molar-refractivity contribution in [1.82, 2.24) is 0 Å². The van der Waals surface area contributed by atoms with Gasteiger partial charge in [-0.3, -0.25) is 0 Å². The fraction of sp³-hybridized carbons (Fsp3) is 0.500. The molecule has 0 fully saturated rings. The van der Waals surface area contributed by atoms with E-state index in [1.54, 1.807) is 5.56 Å². The summed E-state index contributed by atoms with van der Waals surface area (Å²) in [5, 5.41) is 1.15. The molecule has 66 valence electrons. The van der Waals surface area contributed by atoms with E-state index >= 15 is 0 Å². The van der Waals surface area contributed by atoms with Gasteiger partial charge in [-0.15, -0.1) is 0 Å². The Kier molecular flexibility index (Phi) is 3.27. The van der Waals surface area contributed by atoms with Crippen molar-refractivity contribution in [3.05, 3.63) is 33.4 Å². The van der Waals surface area contributed by atoms with Gasteiger partial charge < -0.3 is 0 Å². The van der Waals surface area contributed by atoms with Crippen molar-refractivity contribution >= 4 is 17.7 Å². The molecule has 1 heteroatoms. The topological polar surface area (TPSA) is 0 Å². The van der Waals surface area contributed by atoms with E-state index in [0.29, 0.717) is 0 Å². The molecule has 0 spiro atoms. The van der Waals surface area contributed by atoms with E-state index in [1.807, 2.05) is 0 Å². The molecule has 0 amide bonds. The fourth-order valence-corrected chi connectivity index (χ4v) is 2.11. The summed E-state index contributed by atoms with van der Waals surface area (Å²) in [7, 11) is 0. The van der Waals surface area contributed by atoms with Gasteiger partial charge in [0.05, 0.1) is 0 Å². The molecular weight excluding hydrogens is 151 g/mol. The van der Waals surface area contributed by atoms with Gasteiger partial charge in [0, 0.05) is 0 Å². The van der Waals surface area contributed by atoms with Gasteiger partial charge in [0.15, 0.2) is 0 Å². The molecule has 0 aliphatic rings. The molecule has 0 saturated carbocycles. The van der Waals surface area contributed by atoms with E-state index in [2.05, 4.69) is 52.3 Å². The predicted octanol–water partition coefficient (Wildman–Crippen LogP) is 2.90. The molecule has 0 N–H and O–H groups in total. The summed E-state index contributed by atoms with van der Waals surface area (Å²) in [5.74, 6) is 0. The molecular formula is C12H17Li. The molecule has 1 aromatic carbocycles. The first-order valence-corrected chi connectivity index (χ1v) is 5.06. The van der Waals surface area contributed by atoms with Gasteiger partial charge in [-0.25, -0.2) is 0 Å². The van der Waals surface area contributed by atoms with Gasteiger partial charge >= 0.3 is 90.8 Å².